The average Bonchev–Trinajstić information content (AvgIpc) is 2.37. The van der Waals surface area contributed by atoms with Crippen molar-refractivity contribution < 1.29 is 9.13 Å². The van der Waals surface area contributed by atoms with Crippen LogP contribution in [0.15, 0.2) is 28.9 Å². The van der Waals surface area contributed by atoms with E-state index >= 15 is 0 Å². The maximum atomic E-state index is 13.8. The lowest BCUT2D eigenvalue weighted by molar-refractivity contribution is 0.422. The molecule has 0 aliphatic carbocycles. The van der Waals surface area contributed by atoms with E-state index in [0.29, 0.717) is 10.0 Å². The van der Waals surface area contributed by atoms with Crippen molar-refractivity contribution in [2.24, 2.45) is 5.84 Å². The first-order valence-electron chi connectivity index (χ1n) is 5.04. The van der Waals surface area contributed by atoms with E-state index in [1.807, 2.05) is 0 Å². The normalized spacial score (nSPS) is 10.2. The van der Waals surface area contributed by atoms with E-state index in [-0.39, 0.29) is 17.6 Å². The second-order valence-electron chi connectivity index (χ2n) is 3.48. The fourth-order valence-electron chi connectivity index (χ4n) is 1.30. The second-order valence-corrected chi connectivity index (χ2v) is 4.33. The molecule has 18 heavy (non-hydrogen) atoms. The lowest BCUT2D eigenvalue weighted by atomic mass is 10.2. The number of hydrogen-bond acceptors (Lipinski definition) is 5. The molecule has 0 saturated carbocycles. The summed E-state index contributed by atoms with van der Waals surface area (Å²) >= 11 is 3.22. The molecule has 0 aliphatic rings. The Kier molecular flexibility index (Phi) is 3.73. The van der Waals surface area contributed by atoms with Gasteiger partial charge in [0.15, 0.2) is 11.6 Å². The zero-order valence-corrected chi connectivity index (χ0v) is 11.0. The molecule has 1 heterocycles. The molecular formula is C11H10BrFN4O. The number of benzene rings is 1. The van der Waals surface area contributed by atoms with Crippen molar-refractivity contribution in [2.75, 3.05) is 5.43 Å². The molecule has 0 bridgehead atoms. The van der Waals surface area contributed by atoms with Gasteiger partial charge < -0.3 is 4.74 Å². The summed E-state index contributed by atoms with van der Waals surface area (Å²) in [7, 11) is 0. The van der Waals surface area contributed by atoms with Gasteiger partial charge in [-0.15, -0.1) is 0 Å². The monoisotopic (exact) mass is 312 g/mol. The van der Waals surface area contributed by atoms with Crippen LogP contribution < -0.4 is 16.0 Å². The Balaban J connectivity index is 2.36. The first-order valence-corrected chi connectivity index (χ1v) is 5.83. The lowest BCUT2D eigenvalue weighted by Gasteiger charge is -2.09. The first kappa shape index (κ1) is 12.7. The Bertz CT molecular complexity index is 579. The molecule has 94 valence electrons. The molecule has 1 aromatic heterocycles. The van der Waals surface area contributed by atoms with Crippen molar-refractivity contribution in [3.8, 4) is 11.6 Å². The number of halogens is 2. The Hall–Kier alpha value is -1.73. The minimum absolute atomic E-state index is 0.0948. The number of aromatic nitrogens is 2. The summed E-state index contributed by atoms with van der Waals surface area (Å²) in [5.74, 6) is 5.23. The SMILES string of the molecule is Cc1cccc(Oc2nc(NN)ncc2Br)c1F. The molecule has 1 aromatic carbocycles. The van der Waals surface area contributed by atoms with Crippen LogP contribution >= 0.6 is 15.9 Å². The van der Waals surface area contributed by atoms with Crippen LogP contribution in [0.25, 0.3) is 0 Å². The minimum Gasteiger partial charge on any atom is -0.435 e. The molecule has 5 nitrogen and oxygen atoms in total. The predicted octanol–water partition coefficient (Wildman–Crippen LogP) is 2.76. The van der Waals surface area contributed by atoms with Crippen molar-refractivity contribution >= 4 is 21.9 Å². The molecule has 2 rings (SSSR count). The topological polar surface area (TPSA) is 73.1 Å². The number of hydrazine groups is 1. The highest BCUT2D eigenvalue weighted by molar-refractivity contribution is 9.10. The van der Waals surface area contributed by atoms with Gasteiger partial charge in [0.1, 0.15) is 0 Å². The van der Waals surface area contributed by atoms with Gasteiger partial charge in [-0.2, -0.15) is 4.98 Å². The van der Waals surface area contributed by atoms with Crippen molar-refractivity contribution in [3.05, 3.63) is 40.2 Å². The smallest absolute Gasteiger partial charge is 0.240 e. The quantitative estimate of drug-likeness (QED) is 0.673. The molecular weight excluding hydrogens is 303 g/mol. The van der Waals surface area contributed by atoms with Crippen molar-refractivity contribution in [3.63, 3.8) is 0 Å². The Morgan fingerprint density at radius 3 is 2.94 bits per heavy atom. The molecule has 0 spiro atoms. The highest BCUT2D eigenvalue weighted by Gasteiger charge is 2.11. The summed E-state index contributed by atoms with van der Waals surface area (Å²) in [5, 5.41) is 0. The van der Waals surface area contributed by atoms with Gasteiger partial charge in [0, 0.05) is 0 Å². The molecule has 0 aliphatic heterocycles. The highest BCUT2D eigenvalue weighted by Crippen LogP contribution is 2.30. The van der Waals surface area contributed by atoms with Crippen LogP contribution in [0.5, 0.6) is 11.6 Å². The zero-order valence-electron chi connectivity index (χ0n) is 9.45. The molecule has 2 aromatic rings. The summed E-state index contributed by atoms with van der Waals surface area (Å²) in [6.45, 7) is 1.66. The zero-order chi connectivity index (χ0) is 13.1. The van der Waals surface area contributed by atoms with E-state index in [0.717, 1.165) is 0 Å². The molecule has 0 fully saturated rings. The van der Waals surface area contributed by atoms with E-state index in [1.54, 1.807) is 19.1 Å². The third-order valence-corrected chi connectivity index (χ3v) is 2.75. The van der Waals surface area contributed by atoms with Crippen LogP contribution in [0.4, 0.5) is 10.3 Å². The summed E-state index contributed by atoms with van der Waals surface area (Å²) < 4.78 is 19.7. The van der Waals surface area contributed by atoms with Crippen LogP contribution in [0.1, 0.15) is 5.56 Å². The van der Waals surface area contributed by atoms with Gasteiger partial charge in [-0.3, -0.25) is 5.43 Å². The number of nitrogen functional groups attached to an aromatic ring is 1. The molecule has 0 saturated heterocycles. The van der Waals surface area contributed by atoms with Gasteiger partial charge in [0.2, 0.25) is 11.8 Å². The second kappa shape index (κ2) is 5.28. The number of ether oxygens (including phenoxy) is 1. The standard InChI is InChI=1S/C11H10BrFN4O/c1-6-3-2-4-8(9(6)13)18-10-7(12)5-15-11(16-10)17-14/h2-5H,14H2,1H3,(H,15,16,17). The summed E-state index contributed by atoms with van der Waals surface area (Å²) in [6.07, 6.45) is 1.46. The fourth-order valence-corrected chi connectivity index (χ4v) is 1.57. The number of aryl methyl sites for hydroxylation is 1. The van der Waals surface area contributed by atoms with Crippen LogP contribution in [-0.2, 0) is 0 Å². The van der Waals surface area contributed by atoms with E-state index in [9.17, 15) is 4.39 Å². The molecule has 0 unspecified atom stereocenters. The molecule has 0 atom stereocenters. The van der Waals surface area contributed by atoms with E-state index < -0.39 is 5.82 Å². The molecule has 7 heteroatoms. The Morgan fingerprint density at radius 1 is 1.44 bits per heavy atom. The van der Waals surface area contributed by atoms with Gasteiger partial charge in [0.05, 0.1) is 10.7 Å². The number of rotatable bonds is 3. The first-order chi connectivity index (χ1) is 8.61. The van der Waals surface area contributed by atoms with Gasteiger partial charge in [-0.25, -0.2) is 15.2 Å². The number of nitrogens with one attached hydrogen (secondary N) is 1. The van der Waals surface area contributed by atoms with E-state index in [1.165, 1.54) is 12.3 Å². The Labute approximate surface area is 111 Å². The van der Waals surface area contributed by atoms with Crippen LogP contribution in [0.2, 0.25) is 0 Å². The minimum atomic E-state index is -0.426. The highest BCUT2D eigenvalue weighted by atomic mass is 79.9. The number of anilines is 1. The molecule has 3 N–H and O–H groups in total. The van der Waals surface area contributed by atoms with Crippen molar-refractivity contribution in [1.82, 2.24) is 9.97 Å². The lowest BCUT2D eigenvalue weighted by Crippen LogP contribution is -2.10. The van der Waals surface area contributed by atoms with Crippen molar-refractivity contribution in [2.45, 2.75) is 6.92 Å². The third kappa shape index (κ3) is 2.57. The van der Waals surface area contributed by atoms with E-state index in [4.69, 9.17) is 10.6 Å². The number of nitrogens with zero attached hydrogens (tertiary/aromatic N) is 2. The maximum absolute atomic E-state index is 13.8. The summed E-state index contributed by atoms with van der Waals surface area (Å²) in [6, 6.07) is 4.88. The molecule has 0 amide bonds. The summed E-state index contributed by atoms with van der Waals surface area (Å²) in [5.41, 5.74) is 2.78. The predicted molar refractivity (Wildman–Crippen MR) is 68.8 cm³/mol. The maximum Gasteiger partial charge on any atom is 0.240 e. The third-order valence-electron chi connectivity index (χ3n) is 2.20. The average molecular weight is 313 g/mol. The van der Waals surface area contributed by atoms with Gasteiger partial charge in [0.25, 0.3) is 0 Å². The van der Waals surface area contributed by atoms with Crippen LogP contribution in [0.3, 0.4) is 0 Å². The van der Waals surface area contributed by atoms with E-state index in [2.05, 4.69) is 31.3 Å². The van der Waals surface area contributed by atoms with Crippen molar-refractivity contribution in [1.29, 1.82) is 0 Å². The Morgan fingerprint density at radius 2 is 2.22 bits per heavy atom. The number of nitrogens with two attached hydrogens (primary N) is 1. The van der Waals surface area contributed by atoms with Gasteiger partial charge in [-0.1, -0.05) is 12.1 Å². The fraction of sp³-hybridized carbons (Fsp3) is 0.0909. The largest absolute Gasteiger partial charge is 0.435 e. The van der Waals surface area contributed by atoms with Gasteiger partial charge >= 0.3 is 0 Å². The van der Waals surface area contributed by atoms with Crippen LogP contribution in [-0.4, -0.2) is 9.97 Å². The summed E-state index contributed by atoms with van der Waals surface area (Å²) in [4.78, 5) is 7.85. The molecule has 0 radical (unpaired) electrons. The number of hydrogen-bond donors (Lipinski definition) is 2. The van der Waals surface area contributed by atoms with Gasteiger partial charge in [-0.05, 0) is 34.5 Å². The van der Waals surface area contributed by atoms with Crippen LogP contribution in [0, 0.1) is 12.7 Å².